The molecule has 2 nitrogen and oxygen atoms in total. The van der Waals surface area contributed by atoms with Crippen molar-refractivity contribution in [2.75, 3.05) is 0 Å². The molecule has 0 unspecified atom stereocenters. The summed E-state index contributed by atoms with van der Waals surface area (Å²) < 4.78 is 6.98. The number of benzene rings is 4. The topological polar surface area (TPSA) is 22.1 Å². The van der Waals surface area contributed by atoms with Crippen LogP contribution in [0.4, 0.5) is 0 Å². The molecule has 1 aliphatic heterocycles. The molecular formula is C38H41NO. The first-order valence-corrected chi connectivity index (χ1v) is 15.4. The Hall–Kier alpha value is -3.39. The maximum absolute atomic E-state index is 6.98. The second kappa shape index (κ2) is 9.61. The number of hydrogen-bond donors (Lipinski definition) is 0. The monoisotopic (exact) mass is 527 g/mol. The highest BCUT2D eigenvalue weighted by molar-refractivity contribution is 6.16. The summed E-state index contributed by atoms with van der Waals surface area (Å²) in [5, 5.41) is 7.56. The van der Waals surface area contributed by atoms with Gasteiger partial charge < -0.3 is 4.74 Å². The maximum Gasteiger partial charge on any atom is 0.140 e. The highest BCUT2D eigenvalue weighted by Gasteiger charge is 2.29. The number of pyridine rings is 1. The molecule has 4 aromatic carbocycles. The lowest BCUT2D eigenvalue weighted by Crippen LogP contribution is -2.12. The lowest BCUT2D eigenvalue weighted by Gasteiger charge is -2.28. The second-order valence-electron chi connectivity index (χ2n) is 14.0. The van der Waals surface area contributed by atoms with E-state index in [-0.39, 0.29) is 5.41 Å². The van der Waals surface area contributed by atoms with Crippen LogP contribution in [-0.4, -0.2) is 4.98 Å². The Morgan fingerprint density at radius 3 is 2.40 bits per heavy atom. The first-order chi connectivity index (χ1) is 19.2. The van der Waals surface area contributed by atoms with E-state index >= 15 is 0 Å². The summed E-state index contributed by atoms with van der Waals surface area (Å²) in [6, 6.07) is 21.0. The molecule has 1 fully saturated rings. The van der Waals surface area contributed by atoms with E-state index in [4.69, 9.17) is 9.72 Å². The predicted octanol–water partition coefficient (Wildman–Crippen LogP) is 11.1. The molecule has 1 saturated carbocycles. The van der Waals surface area contributed by atoms with E-state index in [2.05, 4.69) is 89.2 Å². The quantitative estimate of drug-likeness (QED) is 0.213. The third kappa shape index (κ3) is 4.46. The fourth-order valence-corrected chi connectivity index (χ4v) is 7.29. The van der Waals surface area contributed by atoms with Crippen molar-refractivity contribution in [3.8, 4) is 22.8 Å². The van der Waals surface area contributed by atoms with Gasteiger partial charge in [-0.2, -0.15) is 0 Å². The Bertz CT molecular complexity index is 1770. The summed E-state index contributed by atoms with van der Waals surface area (Å²) in [6.45, 7) is 11.5. The van der Waals surface area contributed by atoms with E-state index in [1.165, 1.54) is 75.7 Å². The summed E-state index contributed by atoms with van der Waals surface area (Å²) in [5.74, 6) is 3.26. The van der Waals surface area contributed by atoms with Gasteiger partial charge in [-0.05, 0) is 99.2 Å². The van der Waals surface area contributed by atoms with Gasteiger partial charge in [0.1, 0.15) is 11.5 Å². The molecule has 0 atom stereocenters. The molecule has 0 saturated heterocycles. The summed E-state index contributed by atoms with van der Waals surface area (Å²) >= 11 is 0. The Balaban J connectivity index is 1.46. The van der Waals surface area contributed by atoms with E-state index in [9.17, 15) is 0 Å². The summed E-state index contributed by atoms with van der Waals surface area (Å²) in [6.07, 6.45) is 10.7. The van der Waals surface area contributed by atoms with Crippen molar-refractivity contribution < 1.29 is 4.74 Å². The van der Waals surface area contributed by atoms with Gasteiger partial charge >= 0.3 is 0 Å². The molecule has 2 heterocycles. The SMILES string of the molecule is CC(C)Cc1ccc2c(CC(C)(C)C)c3c(cc2c1)-c1nccc2c1c(cc1cc(C4CCCCC4)ccc12)O3. The molecule has 0 radical (unpaired) electrons. The lowest BCUT2D eigenvalue weighted by molar-refractivity contribution is 0.400. The highest BCUT2D eigenvalue weighted by atomic mass is 16.5. The Morgan fingerprint density at radius 2 is 1.62 bits per heavy atom. The molecule has 40 heavy (non-hydrogen) atoms. The minimum absolute atomic E-state index is 0.125. The van der Waals surface area contributed by atoms with E-state index < -0.39 is 0 Å². The average Bonchev–Trinajstić information content (AvgIpc) is 2.92. The zero-order valence-corrected chi connectivity index (χ0v) is 24.7. The van der Waals surface area contributed by atoms with Gasteiger partial charge in [-0.1, -0.05) is 90.3 Å². The first-order valence-electron chi connectivity index (χ1n) is 15.4. The number of hydrogen-bond acceptors (Lipinski definition) is 2. The summed E-state index contributed by atoms with van der Waals surface area (Å²) in [5.41, 5.74) is 6.49. The van der Waals surface area contributed by atoms with Crippen LogP contribution in [0.5, 0.6) is 11.5 Å². The molecular weight excluding hydrogens is 486 g/mol. The van der Waals surface area contributed by atoms with Crippen LogP contribution in [0, 0.1) is 11.3 Å². The number of aromatic nitrogens is 1. The fourth-order valence-electron chi connectivity index (χ4n) is 7.29. The van der Waals surface area contributed by atoms with E-state index in [0.29, 0.717) is 11.8 Å². The molecule has 7 rings (SSSR count). The van der Waals surface area contributed by atoms with Gasteiger partial charge in [0.2, 0.25) is 0 Å². The van der Waals surface area contributed by atoms with E-state index in [0.717, 1.165) is 41.0 Å². The molecule has 204 valence electrons. The Labute approximate surface area is 238 Å². The minimum atomic E-state index is 0.125. The number of ether oxygens (including phenoxy) is 1. The van der Waals surface area contributed by atoms with Crippen LogP contribution in [0.1, 0.15) is 89.3 Å². The number of rotatable bonds is 4. The van der Waals surface area contributed by atoms with Crippen molar-refractivity contribution in [2.45, 2.75) is 85.5 Å². The van der Waals surface area contributed by atoms with Crippen LogP contribution in [0.2, 0.25) is 0 Å². The molecule has 0 spiro atoms. The van der Waals surface area contributed by atoms with E-state index in [1.54, 1.807) is 0 Å². The van der Waals surface area contributed by atoms with Gasteiger partial charge in [0.05, 0.1) is 11.1 Å². The van der Waals surface area contributed by atoms with Gasteiger partial charge in [-0.15, -0.1) is 0 Å². The van der Waals surface area contributed by atoms with Crippen molar-refractivity contribution in [2.24, 2.45) is 11.3 Å². The molecule has 2 aliphatic rings. The van der Waals surface area contributed by atoms with Gasteiger partial charge in [0, 0.05) is 17.3 Å². The van der Waals surface area contributed by atoms with Gasteiger partial charge in [0.25, 0.3) is 0 Å². The molecule has 0 N–H and O–H groups in total. The van der Waals surface area contributed by atoms with Crippen LogP contribution >= 0.6 is 0 Å². The largest absolute Gasteiger partial charge is 0.456 e. The summed E-state index contributed by atoms with van der Waals surface area (Å²) in [4.78, 5) is 5.01. The van der Waals surface area contributed by atoms with Gasteiger partial charge in [-0.3, -0.25) is 4.98 Å². The first kappa shape index (κ1) is 25.6. The average molecular weight is 528 g/mol. The van der Waals surface area contributed by atoms with Crippen LogP contribution in [-0.2, 0) is 12.8 Å². The zero-order chi connectivity index (χ0) is 27.6. The van der Waals surface area contributed by atoms with Gasteiger partial charge in [0.15, 0.2) is 0 Å². The van der Waals surface area contributed by atoms with Crippen molar-refractivity contribution in [3.05, 3.63) is 77.5 Å². The van der Waals surface area contributed by atoms with E-state index in [1.807, 2.05) is 6.20 Å². The molecule has 2 heteroatoms. The minimum Gasteiger partial charge on any atom is -0.456 e. The molecule has 0 amide bonds. The van der Waals surface area contributed by atoms with Gasteiger partial charge in [-0.25, -0.2) is 0 Å². The third-order valence-corrected chi connectivity index (χ3v) is 9.00. The normalized spacial score (nSPS) is 15.7. The molecule has 5 aromatic rings. The van der Waals surface area contributed by atoms with Crippen molar-refractivity contribution in [1.82, 2.24) is 4.98 Å². The Morgan fingerprint density at radius 1 is 0.850 bits per heavy atom. The highest BCUT2D eigenvalue weighted by Crippen LogP contribution is 2.52. The van der Waals surface area contributed by atoms with Crippen LogP contribution in [0.25, 0.3) is 43.6 Å². The molecule has 1 aromatic heterocycles. The number of nitrogens with zero attached hydrogens (tertiary/aromatic N) is 1. The van der Waals surface area contributed by atoms with Crippen molar-refractivity contribution >= 4 is 32.3 Å². The third-order valence-electron chi connectivity index (χ3n) is 9.00. The zero-order valence-electron chi connectivity index (χ0n) is 24.7. The lowest BCUT2D eigenvalue weighted by atomic mass is 9.82. The Kier molecular flexibility index (Phi) is 6.15. The smallest absolute Gasteiger partial charge is 0.140 e. The molecule has 0 bridgehead atoms. The summed E-state index contributed by atoms with van der Waals surface area (Å²) in [7, 11) is 0. The standard InChI is InChI=1S/C38H41NO/c1-23(2)17-24-11-13-30-27(18-24)20-32-36-35-31(15-16-39-36)29-14-12-26(25-9-7-6-8-10-25)19-28(29)21-34(35)40-37(32)33(30)22-38(3,4)5/h11-16,18-21,23,25H,6-10,17,22H2,1-5H3. The van der Waals surface area contributed by atoms with Crippen molar-refractivity contribution in [1.29, 1.82) is 0 Å². The number of fused-ring (bicyclic) bond motifs is 5. The van der Waals surface area contributed by atoms with Crippen LogP contribution < -0.4 is 4.74 Å². The molecule has 1 aliphatic carbocycles. The van der Waals surface area contributed by atoms with Crippen LogP contribution in [0.15, 0.2) is 60.8 Å². The van der Waals surface area contributed by atoms with Crippen LogP contribution in [0.3, 0.4) is 0 Å². The maximum atomic E-state index is 6.98. The van der Waals surface area contributed by atoms with Crippen molar-refractivity contribution in [3.63, 3.8) is 0 Å². The predicted molar refractivity (Wildman–Crippen MR) is 170 cm³/mol. The second-order valence-corrected chi connectivity index (χ2v) is 14.0. The fraction of sp³-hybridized carbons (Fsp3) is 0.395.